The van der Waals surface area contributed by atoms with E-state index in [1.807, 2.05) is 0 Å². The fourth-order valence-electron chi connectivity index (χ4n) is 14.8. The Morgan fingerprint density at radius 2 is 0.645 bits per heavy atom. The molecule has 0 amide bonds. The topological polar surface area (TPSA) is 8.17 Å². The molecule has 0 bridgehead atoms. The van der Waals surface area contributed by atoms with Crippen LogP contribution in [0.1, 0.15) is 44.5 Å². The Hall–Kier alpha value is -9.76. The normalized spacial score (nSPS) is 14.0. The zero-order chi connectivity index (χ0) is 49.7. The molecule has 0 fully saturated rings. The lowest BCUT2D eigenvalue weighted by molar-refractivity contribution is 0.793. The minimum absolute atomic E-state index is 0.487. The molecule has 12 aromatic carbocycles. The highest BCUT2D eigenvalue weighted by Gasteiger charge is 2.54. The van der Waals surface area contributed by atoms with E-state index < -0.39 is 10.8 Å². The van der Waals surface area contributed by atoms with Crippen LogP contribution in [0.5, 0.6) is 0 Å². The van der Waals surface area contributed by atoms with Gasteiger partial charge in [0.25, 0.3) is 0 Å². The third kappa shape index (κ3) is 5.20. The molecule has 1 heterocycles. The Kier molecular flexibility index (Phi) is 8.44. The number of fused-ring (bicyclic) bond motifs is 23. The predicted molar refractivity (Wildman–Crippen MR) is 313 cm³/mol. The van der Waals surface area contributed by atoms with Crippen molar-refractivity contribution in [1.82, 2.24) is 4.57 Å². The van der Waals surface area contributed by atoms with Gasteiger partial charge < -0.3 is 9.47 Å². The molecular weight excluding hydrogens is 917 g/mol. The number of rotatable bonds is 5. The van der Waals surface area contributed by atoms with Crippen molar-refractivity contribution in [1.29, 1.82) is 0 Å². The molecule has 2 spiro atoms. The van der Waals surface area contributed by atoms with Gasteiger partial charge in [-0.3, -0.25) is 0 Å². The maximum absolute atomic E-state index is 2.60. The minimum Gasteiger partial charge on any atom is -0.309 e. The predicted octanol–water partition coefficient (Wildman–Crippen LogP) is 18.6. The van der Waals surface area contributed by atoms with Crippen molar-refractivity contribution in [3.63, 3.8) is 0 Å². The van der Waals surface area contributed by atoms with E-state index in [0.29, 0.717) is 0 Å². The third-order valence-electron chi connectivity index (χ3n) is 17.6. The summed E-state index contributed by atoms with van der Waals surface area (Å²) in [5, 5.41) is 2.49. The van der Waals surface area contributed by atoms with Crippen LogP contribution in [0.4, 0.5) is 17.1 Å². The summed E-state index contributed by atoms with van der Waals surface area (Å²) in [7, 11) is 0. The van der Waals surface area contributed by atoms with Gasteiger partial charge in [0.2, 0.25) is 0 Å². The van der Waals surface area contributed by atoms with Crippen LogP contribution in [0.15, 0.2) is 279 Å². The molecule has 0 unspecified atom stereocenters. The summed E-state index contributed by atoms with van der Waals surface area (Å²) in [5.74, 6) is 0. The van der Waals surface area contributed by atoms with Crippen LogP contribution >= 0.6 is 0 Å². The number of para-hydroxylation sites is 2. The summed E-state index contributed by atoms with van der Waals surface area (Å²) in [6.07, 6.45) is 0. The number of hydrogen-bond donors (Lipinski definition) is 0. The molecule has 2 nitrogen and oxygen atoms in total. The molecule has 13 aromatic rings. The first-order chi connectivity index (χ1) is 37.7. The largest absolute Gasteiger partial charge is 0.309 e. The van der Waals surface area contributed by atoms with Gasteiger partial charge in [-0.15, -0.1) is 0 Å². The summed E-state index contributed by atoms with van der Waals surface area (Å²) in [6.45, 7) is 0. The fourth-order valence-corrected chi connectivity index (χ4v) is 14.8. The second-order valence-corrected chi connectivity index (χ2v) is 21.0. The SMILES string of the molecule is c1ccc(-n2c3ccccc3c3cc(-c4ccc(N(c5cccc6c5-c5ccccc5C65c6ccccc6-c6ccccc65)c5cccc6c5-c5ccccc5C65c6ccccc6-c6ccccc65)cc4)ccc32)cc1. The molecule has 4 aliphatic rings. The Morgan fingerprint density at radius 1 is 0.263 bits per heavy atom. The second kappa shape index (κ2) is 15.4. The quantitative estimate of drug-likeness (QED) is 0.167. The molecule has 76 heavy (non-hydrogen) atoms. The number of benzene rings is 12. The summed E-state index contributed by atoms with van der Waals surface area (Å²) in [4.78, 5) is 2.60. The van der Waals surface area contributed by atoms with Crippen LogP contribution in [0.3, 0.4) is 0 Å². The average Bonchev–Trinajstić information content (AvgIpc) is 4.29. The van der Waals surface area contributed by atoms with Crippen LogP contribution in [0, 0.1) is 0 Å². The van der Waals surface area contributed by atoms with E-state index in [1.165, 1.54) is 122 Å². The lowest BCUT2D eigenvalue weighted by Crippen LogP contribution is -2.26. The molecule has 0 aliphatic heterocycles. The van der Waals surface area contributed by atoms with Gasteiger partial charge in [0.15, 0.2) is 0 Å². The van der Waals surface area contributed by atoms with Crippen LogP contribution in [-0.4, -0.2) is 4.57 Å². The van der Waals surface area contributed by atoms with Crippen LogP contribution in [0.25, 0.3) is 83.1 Å². The molecule has 0 N–H and O–H groups in total. The first kappa shape index (κ1) is 41.7. The lowest BCUT2D eigenvalue weighted by atomic mass is 9.70. The molecule has 0 radical (unpaired) electrons. The standard InChI is InChI=1S/C74H46N2/c1-2-20-49(21-3-1)75-67-37-17-10-26-55(67)58-46-48(42-45-68(58)75)47-40-43-50(44-41-47)76(69-38-18-35-65-71(69)56-27-8-15-33-63(56)73(65)59-29-11-4-22-51(59)52-23-5-12-30-60(52)73)70-39-19-36-66-72(70)57-28-9-16-34-64(57)74(66)61-31-13-6-24-53(61)54-25-7-14-32-62(54)74/h1-46H. The van der Waals surface area contributed by atoms with Gasteiger partial charge in [-0.25, -0.2) is 0 Å². The van der Waals surface area contributed by atoms with E-state index >= 15 is 0 Å². The smallest absolute Gasteiger partial charge is 0.0726 e. The van der Waals surface area contributed by atoms with Crippen LogP contribution < -0.4 is 4.90 Å². The van der Waals surface area contributed by atoms with Crippen LogP contribution in [-0.2, 0) is 10.8 Å². The Bertz CT molecular complexity index is 4310. The van der Waals surface area contributed by atoms with Gasteiger partial charge in [-0.2, -0.15) is 0 Å². The average molecular weight is 963 g/mol. The van der Waals surface area contributed by atoms with Gasteiger partial charge in [0.1, 0.15) is 0 Å². The van der Waals surface area contributed by atoms with Crippen molar-refractivity contribution in [2.24, 2.45) is 0 Å². The van der Waals surface area contributed by atoms with E-state index in [9.17, 15) is 0 Å². The first-order valence-corrected chi connectivity index (χ1v) is 26.6. The van der Waals surface area contributed by atoms with E-state index in [0.717, 1.165) is 22.7 Å². The molecule has 0 saturated carbocycles. The van der Waals surface area contributed by atoms with Crippen LogP contribution in [0.2, 0.25) is 0 Å². The van der Waals surface area contributed by atoms with E-state index in [1.54, 1.807) is 0 Å². The monoisotopic (exact) mass is 962 g/mol. The number of hydrogen-bond acceptors (Lipinski definition) is 1. The zero-order valence-corrected chi connectivity index (χ0v) is 41.5. The summed E-state index contributed by atoms with van der Waals surface area (Å²) < 4.78 is 2.39. The fraction of sp³-hybridized carbons (Fsp3) is 0.0270. The van der Waals surface area contributed by atoms with Gasteiger partial charge in [0, 0.05) is 33.3 Å². The highest BCUT2D eigenvalue weighted by atomic mass is 15.1. The molecule has 17 rings (SSSR count). The van der Waals surface area contributed by atoms with E-state index in [2.05, 4.69) is 289 Å². The van der Waals surface area contributed by atoms with Gasteiger partial charge in [0.05, 0.1) is 33.2 Å². The molecule has 0 saturated heterocycles. The van der Waals surface area contributed by atoms with Crippen molar-refractivity contribution in [3.8, 4) is 61.3 Å². The third-order valence-corrected chi connectivity index (χ3v) is 17.6. The van der Waals surface area contributed by atoms with Crippen molar-refractivity contribution in [2.75, 3.05) is 4.90 Å². The number of aromatic nitrogens is 1. The maximum Gasteiger partial charge on any atom is 0.0726 e. The Morgan fingerprint density at radius 3 is 1.14 bits per heavy atom. The van der Waals surface area contributed by atoms with Gasteiger partial charge >= 0.3 is 0 Å². The number of anilines is 3. The Balaban J connectivity index is 0.922. The summed E-state index contributed by atoms with van der Waals surface area (Å²) in [6, 6.07) is 105. The molecule has 1 aromatic heterocycles. The van der Waals surface area contributed by atoms with Crippen molar-refractivity contribution >= 4 is 38.9 Å². The molecule has 0 atom stereocenters. The maximum atomic E-state index is 2.60. The van der Waals surface area contributed by atoms with E-state index in [-0.39, 0.29) is 0 Å². The summed E-state index contributed by atoms with van der Waals surface area (Å²) >= 11 is 0. The van der Waals surface area contributed by atoms with Gasteiger partial charge in [-0.1, -0.05) is 224 Å². The van der Waals surface area contributed by atoms with Crippen molar-refractivity contribution < 1.29 is 0 Å². The number of nitrogens with zero attached hydrogens (tertiary/aromatic N) is 2. The minimum atomic E-state index is -0.487. The highest BCUT2D eigenvalue weighted by Crippen LogP contribution is 2.67. The van der Waals surface area contributed by atoms with E-state index in [4.69, 9.17) is 0 Å². The summed E-state index contributed by atoms with van der Waals surface area (Å²) in [5.41, 5.74) is 29.3. The second-order valence-electron chi connectivity index (χ2n) is 21.0. The molecule has 2 heteroatoms. The highest BCUT2D eigenvalue weighted by molar-refractivity contribution is 6.11. The molecule has 4 aliphatic carbocycles. The van der Waals surface area contributed by atoms with Gasteiger partial charge in [-0.05, 0) is 144 Å². The first-order valence-electron chi connectivity index (χ1n) is 26.6. The Labute approximate surface area is 441 Å². The molecule has 352 valence electrons. The molecular formula is C74H46N2. The van der Waals surface area contributed by atoms with Crippen molar-refractivity contribution in [2.45, 2.75) is 10.8 Å². The zero-order valence-electron chi connectivity index (χ0n) is 41.5. The van der Waals surface area contributed by atoms with Crippen molar-refractivity contribution in [3.05, 3.63) is 324 Å². The lowest BCUT2D eigenvalue weighted by Gasteiger charge is -2.33.